The van der Waals surface area contributed by atoms with Crippen LogP contribution in [0.3, 0.4) is 0 Å². The fourth-order valence-corrected chi connectivity index (χ4v) is 2.24. The molecule has 22 heavy (non-hydrogen) atoms. The third-order valence-electron chi connectivity index (χ3n) is 2.95. The van der Waals surface area contributed by atoms with Crippen LogP contribution in [0, 0.1) is 0 Å². The van der Waals surface area contributed by atoms with Gasteiger partial charge < -0.3 is 18.7 Å². The Morgan fingerprint density at radius 3 is 2.41 bits per heavy atom. The van der Waals surface area contributed by atoms with E-state index in [4.69, 9.17) is 9.26 Å². The number of H-pyrrole nitrogens is 1. The lowest BCUT2D eigenvalue weighted by atomic mass is 10.3. The van der Waals surface area contributed by atoms with Gasteiger partial charge in [-0.15, -0.1) is 0 Å². The van der Waals surface area contributed by atoms with E-state index >= 15 is 0 Å². The van der Waals surface area contributed by atoms with Crippen molar-refractivity contribution in [2.75, 3.05) is 13.2 Å². The Hall–Kier alpha value is -1.21. The summed E-state index contributed by atoms with van der Waals surface area (Å²) in [6.45, 7) is 6.51. The molecule has 0 bridgehead atoms. The van der Waals surface area contributed by atoms with Crippen molar-refractivity contribution in [3.05, 3.63) is 33.1 Å². The van der Waals surface area contributed by atoms with Crippen LogP contribution in [0.1, 0.15) is 33.7 Å². The molecule has 1 heterocycles. The second-order valence-electron chi connectivity index (χ2n) is 5.48. The Morgan fingerprint density at radius 1 is 1.27 bits per heavy atom. The third kappa shape index (κ3) is 5.53. The molecule has 1 aromatic rings. The van der Waals surface area contributed by atoms with E-state index in [1.54, 1.807) is 0 Å². The lowest BCUT2D eigenvalue weighted by Crippen LogP contribution is -2.36. The molecule has 8 nitrogen and oxygen atoms in total. The average molecular weight is 333 g/mol. The molecule has 0 aromatic carbocycles. The van der Waals surface area contributed by atoms with Crippen molar-refractivity contribution in [3.63, 3.8) is 0 Å². The number of nitrogens with zero attached hydrogens (tertiary/aromatic N) is 1. The van der Waals surface area contributed by atoms with Gasteiger partial charge in [0.25, 0.3) is 5.56 Å². The van der Waals surface area contributed by atoms with E-state index in [0.29, 0.717) is 0 Å². The summed E-state index contributed by atoms with van der Waals surface area (Å²) in [7, 11) is -4.00. The molecule has 2 atom stereocenters. The monoisotopic (exact) mass is 333 g/mol. The number of aromatic nitrogens is 2. The number of hydrogen-bond acceptors (Lipinski definition) is 6. The summed E-state index contributed by atoms with van der Waals surface area (Å²) in [5, 5.41) is 0. The molecule has 0 aliphatic heterocycles. The summed E-state index contributed by atoms with van der Waals surface area (Å²) in [6, 6.07) is 0.524. The predicted molar refractivity (Wildman–Crippen MR) is 80.1 cm³/mol. The highest BCUT2D eigenvalue weighted by Crippen LogP contribution is 2.42. The Kier molecular flexibility index (Phi) is 6.74. The number of rotatable bonds is 8. The van der Waals surface area contributed by atoms with Crippen LogP contribution in [-0.2, 0) is 13.8 Å². The molecule has 126 valence electrons. The molecular formula is C13H22N2O6P-. The number of ether oxygens (including phenoxy) is 1. The largest absolute Gasteiger partial charge is 0.778 e. The van der Waals surface area contributed by atoms with Crippen LogP contribution in [0.4, 0.5) is 0 Å². The van der Waals surface area contributed by atoms with E-state index in [9.17, 15) is 19.0 Å². The van der Waals surface area contributed by atoms with E-state index in [2.05, 4.69) is 4.98 Å². The second kappa shape index (κ2) is 7.87. The normalized spacial score (nSPS) is 16.0. The summed E-state index contributed by atoms with van der Waals surface area (Å²) in [5.74, 6) is 0. The topological polar surface area (TPSA) is 113 Å². The first-order chi connectivity index (χ1) is 10.1. The molecule has 0 saturated heterocycles. The van der Waals surface area contributed by atoms with Crippen LogP contribution in [-0.4, -0.2) is 34.5 Å². The number of nitrogens with one attached hydrogen (secondary N) is 1. The fourth-order valence-electron chi connectivity index (χ4n) is 1.57. The van der Waals surface area contributed by atoms with Gasteiger partial charge in [-0.1, -0.05) is 13.8 Å². The maximum absolute atomic E-state index is 11.8. The molecular weight excluding hydrogens is 311 g/mol. The van der Waals surface area contributed by atoms with E-state index in [-0.39, 0.29) is 19.3 Å². The van der Waals surface area contributed by atoms with Crippen molar-refractivity contribution >= 4 is 7.60 Å². The smallest absolute Gasteiger partial charge is 0.328 e. The Morgan fingerprint density at radius 2 is 1.91 bits per heavy atom. The van der Waals surface area contributed by atoms with Crippen molar-refractivity contribution in [3.8, 4) is 0 Å². The van der Waals surface area contributed by atoms with Gasteiger partial charge in [0, 0.05) is 17.9 Å². The van der Waals surface area contributed by atoms with E-state index < -0.39 is 30.5 Å². The second-order valence-corrected chi connectivity index (χ2v) is 7.85. The van der Waals surface area contributed by atoms with Gasteiger partial charge in [0.15, 0.2) is 0 Å². The first-order valence-corrected chi connectivity index (χ1v) is 8.63. The highest BCUT2D eigenvalue weighted by molar-refractivity contribution is 7.52. The average Bonchev–Trinajstić information content (AvgIpc) is 2.39. The maximum atomic E-state index is 11.8. The van der Waals surface area contributed by atoms with Crippen LogP contribution >= 0.6 is 7.60 Å². The van der Waals surface area contributed by atoms with Gasteiger partial charge in [-0.2, -0.15) is 0 Å². The summed E-state index contributed by atoms with van der Waals surface area (Å²) in [4.78, 5) is 36.8. The molecule has 0 saturated carbocycles. The zero-order valence-electron chi connectivity index (χ0n) is 13.1. The molecule has 0 amide bonds. The van der Waals surface area contributed by atoms with Crippen molar-refractivity contribution in [1.82, 2.24) is 9.55 Å². The first-order valence-electron chi connectivity index (χ1n) is 7.02. The molecule has 0 fully saturated rings. The number of hydrogen-bond donors (Lipinski definition) is 1. The zero-order valence-corrected chi connectivity index (χ0v) is 14.0. The minimum Gasteiger partial charge on any atom is -0.778 e. The Balaban J connectivity index is 2.95. The van der Waals surface area contributed by atoms with Gasteiger partial charge >= 0.3 is 5.69 Å². The van der Waals surface area contributed by atoms with Crippen molar-refractivity contribution in [2.24, 2.45) is 0 Å². The van der Waals surface area contributed by atoms with Crippen LogP contribution in [0.15, 0.2) is 21.9 Å². The van der Waals surface area contributed by atoms with Gasteiger partial charge in [-0.05, 0) is 13.8 Å². The molecule has 1 unspecified atom stereocenters. The maximum Gasteiger partial charge on any atom is 0.328 e. The summed E-state index contributed by atoms with van der Waals surface area (Å²) < 4.78 is 23.4. The molecule has 9 heteroatoms. The Bertz CT molecular complexity index is 636. The van der Waals surface area contributed by atoms with Gasteiger partial charge in [0.1, 0.15) is 7.60 Å². The number of aromatic amines is 1. The van der Waals surface area contributed by atoms with Crippen molar-refractivity contribution in [1.29, 1.82) is 0 Å². The summed E-state index contributed by atoms with van der Waals surface area (Å²) in [5.41, 5.74) is -1.83. The highest BCUT2D eigenvalue weighted by atomic mass is 31.2. The quantitative estimate of drug-likeness (QED) is 0.692. The lowest BCUT2D eigenvalue weighted by Gasteiger charge is -2.30. The molecule has 0 aliphatic rings. The minimum atomic E-state index is -4.00. The fraction of sp³-hybridized carbons (Fsp3) is 0.692. The third-order valence-corrected chi connectivity index (χ3v) is 4.72. The van der Waals surface area contributed by atoms with Gasteiger partial charge in [0.05, 0.1) is 25.4 Å². The summed E-state index contributed by atoms with van der Waals surface area (Å²) >= 11 is 0. The summed E-state index contributed by atoms with van der Waals surface area (Å²) in [6.07, 6.45) is 1.20. The minimum absolute atomic E-state index is 0.0850. The van der Waals surface area contributed by atoms with Crippen LogP contribution in [0.2, 0.25) is 0 Å². The van der Waals surface area contributed by atoms with Crippen LogP contribution < -0.4 is 16.1 Å². The first kappa shape index (κ1) is 18.8. The zero-order chi connectivity index (χ0) is 16.9. The van der Waals surface area contributed by atoms with Crippen LogP contribution in [0.5, 0.6) is 0 Å². The van der Waals surface area contributed by atoms with Crippen LogP contribution in [0.25, 0.3) is 0 Å². The van der Waals surface area contributed by atoms with E-state index in [1.807, 2.05) is 13.8 Å². The SMILES string of the molecule is CC(C)OC[C@@H](COP(=O)([O-])C(C)C)n1ccc(=O)[nH]c1=O. The molecule has 0 radical (unpaired) electrons. The highest BCUT2D eigenvalue weighted by Gasteiger charge is 2.20. The lowest BCUT2D eigenvalue weighted by molar-refractivity contribution is -0.201. The molecule has 0 spiro atoms. The van der Waals surface area contributed by atoms with Gasteiger partial charge in [-0.3, -0.25) is 14.3 Å². The van der Waals surface area contributed by atoms with Gasteiger partial charge in [0.2, 0.25) is 0 Å². The molecule has 1 rings (SSSR count). The van der Waals surface area contributed by atoms with Gasteiger partial charge in [-0.25, -0.2) is 4.79 Å². The molecule has 1 aromatic heterocycles. The van der Waals surface area contributed by atoms with Crippen molar-refractivity contribution in [2.45, 2.75) is 45.5 Å². The van der Waals surface area contributed by atoms with E-state index in [0.717, 1.165) is 0 Å². The van der Waals surface area contributed by atoms with Crippen molar-refractivity contribution < 1.29 is 18.7 Å². The predicted octanol–water partition coefficient (Wildman–Crippen LogP) is 0.481. The molecule has 1 N–H and O–H groups in total. The Labute approximate surface area is 128 Å². The van der Waals surface area contributed by atoms with E-state index in [1.165, 1.54) is 30.7 Å². The molecule has 0 aliphatic carbocycles. The standard InChI is InChI=1S/C13H23N2O6P/c1-9(2)20-7-11(8-21-22(18,19)10(3)4)15-6-5-12(16)14-13(15)17/h5-6,9-11H,7-8H2,1-4H3,(H,18,19)(H,14,16,17)/p-1/t11-/m0/s1.